The highest BCUT2D eigenvalue weighted by Crippen LogP contribution is 2.26. The van der Waals surface area contributed by atoms with Gasteiger partial charge in [0, 0.05) is 17.4 Å². The van der Waals surface area contributed by atoms with Crippen molar-refractivity contribution in [3.8, 4) is 17.0 Å². The van der Waals surface area contributed by atoms with Gasteiger partial charge in [0.25, 0.3) is 0 Å². The van der Waals surface area contributed by atoms with Gasteiger partial charge in [-0.2, -0.15) is 4.68 Å². The van der Waals surface area contributed by atoms with Crippen LogP contribution in [-0.4, -0.2) is 25.4 Å². The topological polar surface area (TPSA) is 69.6 Å². The van der Waals surface area contributed by atoms with Crippen LogP contribution in [-0.2, 0) is 5.75 Å². The van der Waals surface area contributed by atoms with E-state index in [1.165, 1.54) is 17.3 Å². The molecule has 7 heteroatoms. The normalized spacial score (nSPS) is 11.0. The Kier molecular flexibility index (Phi) is 4.53. The fourth-order valence-electron chi connectivity index (χ4n) is 2.72. The second-order valence-electron chi connectivity index (χ2n) is 6.00. The number of hydrogen-bond acceptors (Lipinski definition) is 6. The average molecular weight is 363 g/mol. The number of hydrogen-bond donors (Lipinski definition) is 0. The Bertz CT molecular complexity index is 1030. The van der Waals surface area contributed by atoms with Crippen LogP contribution in [0.4, 0.5) is 0 Å². The van der Waals surface area contributed by atoms with Crippen molar-refractivity contribution in [2.24, 2.45) is 0 Å². The van der Waals surface area contributed by atoms with Gasteiger partial charge in [-0.25, -0.2) is 0 Å². The molecule has 0 radical (unpaired) electrons. The van der Waals surface area contributed by atoms with E-state index >= 15 is 0 Å². The third-order valence-electron chi connectivity index (χ3n) is 3.99. The molecule has 26 heavy (non-hydrogen) atoms. The van der Waals surface area contributed by atoms with Crippen LogP contribution in [0.15, 0.2) is 64.3 Å². The van der Waals surface area contributed by atoms with Crippen LogP contribution in [0.2, 0.25) is 0 Å². The zero-order chi connectivity index (χ0) is 17.9. The Hall–Kier alpha value is -2.93. The van der Waals surface area contributed by atoms with E-state index in [2.05, 4.69) is 46.7 Å². The molecule has 0 bridgehead atoms. The lowest BCUT2D eigenvalue weighted by Gasteiger charge is -2.07. The lowest BCUT2D eigenvalue weighted by Crippen LogP contribution is -2.01. The molecular weight excluding hydrogens is 346 g/mol. The van der Waals surface area contributed by atoms with E-state index in [1.807, 2.05) is 42.5 Å². The SMILES string of the molecule is Cc1ccc(-n2nnnc2SCc2cc(-c3ccccc3)on2)c(C)c1. The summed E-state index contributed by atoms with van der Waals surface area (Å²) in [5.74, 6) is 1.39. The Balaban J connectivity index is 1.51. The van der Waals surface area contributed by atoms with Gasteiger partial charge in [-0.05, 0) is 35.9 Å². The van der Waals surface area contributed by atoms with Crippen LogP contribution in [0.1, 0.15) is 16.8 Å². The summed E-state index contributed by atoms with van der Waals surface area (Å²) in [5, 5.41) is 17.0. The van der Waals surface area contributed by atoms with Crippen molar-refractivity contribution in [3.05, 3.63) is 71.4 Å². The molecule has 0 saturated heterocycles. The standard InChI is InChI=1S/C19H17N5OS/c1-13-8-9-17(14(2)10-13)24-19(20-22-23-24)26-12-16-11-18(25-21-16)15-6-4-3-5-7-15/h3-11H,12H2,1-2H3. The average Bonchev–Trinajstić information content (AvgIpc) is 3.30. The molecule has 4 aromatic rings. The molecule has 0 atom stereocenters. The molecule has 0 unspecified atom stereocenters. The first-order chi connectivity index (χ1) is 12.7. The highest BCUT2D eigenvalue weighted by Gasteiger charge is 2.13. The maximum absolute atomic E-state index is 5.45. The van der Waals surface area contributed by atoms with Crippen molar-refractivity contribution in [1.29, 1.82) is 0 Å². The largest absolute Gasteiger partial charge is 0.356 e. The van der Waals surface area contributed by atoms with Crippen molar-refractivity contribution >= 4 is 11.8 Å². The van der Waals surface area contributed by atoms with Crippen molar-refractivity contribution < 1.29 is 4.52 Å². The van der Waals surface area contributed by atoms with Gasteiger partial charge in [0.05, 0.1) is 11.4 Å². The van der Waals surface area contributed by atoms with E-state index < -0.39 is 0 Å². The molecule has 0 aliphatic rings. The van der Waals surface area contributed by atoms with E-state index in [-0.39, 0.29) is 0 Å². The number of thioether (sulfide) groups is 1. The van der Waals surface area contributed by atoms with Gasteiger partial charge in [-0.3, -0.25) is 0 Å². The first-order valence-electron chi connectivity index (χ1n) is 8.20. The smallest absolute Gasteiger partial charge is 0.214 e. The van der Waals surface area contributed by atoms with Crippen molar-refractivity contribution in [1.82, 2.24) is 25.4 Å². The summed E-state index contributed by atoms with van der Waals surface area (Å²) in [7, 11) is 0. The number of tetrazole rings is 1. The number of benzene rings is 2. The second kappa shape index (κ2) is 7.13. The number of rotatable bonds is 5. The highest BCUT2D eigenvalue weighted by molar-refractivity contribution is 7.98. The summed E-state index contributed by atoms with van der Waals surface area (Å²) in [5.41, 5.74) is 5.19. The monoisotopic (exact) mass is 363 g/mol. The Morgan fingerprint density at radius 1 is 1.04 bits per heavy atom. The van der Waals surface area contributed by atoms with Gasteiger partial charge in [0.15, 0.2) is 5.76 Å². The van der Waals surface area contributed by atoms with Gasteiger partial charge in [-0.15, -0.1) is 5.10 Å². The van der Waals surface area contributed by atoms with Crippen LogP contribution in [0.25, 0.3) is 17.0 Å². The molecule has 2 aromatic heterocycles. The van der Waals surface area contributed by atoms with Crippen LogP contribution >= 0.6 is 11.8 Å². The number of aryl methyl sites for hydroxylation is 2. The predicted octanol–water partition coefficient (Wildman–Crippen LogP) is 4.23. The van der Waals surface area contributed by atoms with E-state index in [1.54, 1.807) is 4.68 Å². The van der Waals surface area contributed by atoms with Crippen LogP contribution < -0.4 is 0 Å². The maximum Gasteiger partial charge on any atom is 0.214 e. The Morgan fingerprint density at radius 2 is 1.88 bits per heavy atom. The van der Waals surface area contributed by atoms with Gasteiger partial charge >= 0.3 is 0 Å². The highest BCUT2D eigenvalue weighted by atomic mass is 32.2. The molecule has 0 amide bonds. The fourth-order valence-corrected chi connectivity index (χ4v) is 3.48. The lowest BCUT2D eigenvalue weighted by molar-refractivity contribution is 0.426. The van der Waals surface area contributed by atoms with Crippen LogP contribution in [0, 0.1) is 13.8 Å². The summed E-state index contributed by atoms with van der Waals surface area (Å²) in [6, 6.07) is 18.1. The van der Waals surface area contributed by atoms with Gasteiger partial charge in [0.2, 0.25) is 5.16 Å². The predicted molar refractivity (Wildman–Crippen MR) is 100 cm³/mol. The van der Waals surface area contributed by atoms with Gasteiger partial charge in [0.1, 0.15) is 0 Å². The minimum absolute atomic E-state index is 0.627. The van der Waals surface area contributed by atoms with Gasteiger partial charge < -0.3 is 4.52 Å². The first-order valence-corrected chi connectivity index (χ1v) is 9.19. The number of nitrogens with zero attached hydrogens (tertiary/aromatic N) is 5. The van der Waals surface area contributed by atoms with E-state index in [9.17, 15) is 0 Å². The molecule has 130 valence electrons. The maximum atomic E-state index is 5.45. The van der Waals surface area contributed by atoms with Gasteiger partial charge in [-0.1, -0.05) is 64.9 Å². The van der Waals surface area contributed by atoms with Crippen molar-refractivity contribution in [2.45, 2.75) is 24.8 Å². The van der Waals surface area contributed by atoms with Crippen LogP contribution in [0.5, 0.6) is 0 Å². The summed E-state index contributed by atoms with van der Waals surface area (Å²) in [6.07, 6.45) is 0. The summed E-state index contributed by atoms with van der Waals surface area (Å²) >= 11 is 1.53. The molecule has 0 N–H and O–H groups in total. The zero-order valence-electron chi connectivity index (χ0n) is 14.5. The summed E-state index contributed by atoms with van der Waals surface area (Å²) in [6.45, 7) is 4.13. The fraction of sp³-hybridized carbons (Fsp3) is 0.158. The lowest BCUT2D eigenvalue weighted by atomic mass is 10.1. The molecule has 2 aromatic carbocycles. The Morgan fingerprint density at radius 3 is 2.69 bits per heavy atom. The third kappa shape index (κ3) is 3.39. The molecule has 0 spiro atoms. The number of aromatic nitrogens is 5. The summed E-state index contributed by atoms with van der Waals surface area (Å²) < 4.78 is 7.21. The Labute approximate surface area is 155 Å². The first kappa shape index (κ1) is 16.5. The quantitative estimate of drug-likeness (QED) is 0.494. The van der Waals surface area contributed by atoms with E-state index in [0.717, 1.165) is 33.4 Å². The van der Waals surface area contributed by atoms with Crippen molar-refractivity contribution in [2.75, 3.05) is 0 Å². The van der Waals surface area contributed by atoms with Crippen LogP contribution in [0.3, 0.4) is 0 Å². The molecule has 4 rings (SSSR count). The molecular formula is C19H17N5OS. The van der Waals surface area contributed by atoms with Crippen molar-refractivity contribution in [3.63, 3.8) is 0 Å². The molecule has 6 nitrogen and oxygen atoms in total. The minimum atomic E-state index is 0.627. The molecule has 0 aliphatic carbocycles. The molecule has 0 fully saturated rings. The zero-order valence-corrected chi connectivity index (χ0v) is 15.3. The minimum Gasteiger partial charge on any atom is -0.356 e. The molecule has 0 aliphatic heterocycles. The molecule has 0 saturated carbocycles. The second-order valence-corrected chi connectivity index (χ2v) is 6.94. The van der Waals surface area contributed by atoms with E-state index in [4.69, 9.17) is 4.52 Å². The summed E-state index contributed by atoms with van der Waals surface area (Å²) in [4.78, 5) is 0. The van der Waals surface area contributed by atoms with E-state index in [0.29, 0.717) is 5.75 Å². The third-order valence-corrected chi connectivity index (χ3v) is 4.94. The molecule has 2 heterocycles.